The van der Waals surface area contributed by atoms with Crippen LogP contribution in [0.2, 0.25) is 0 Å². The van der Waals surface area contributed by atoms with Crippen LogP contribution in [0.4, 0.5) is 5.69 Å². The van der Waals surface area contributed by atoms with E-state index >= 15 is 0 Å². The van der Waals surface area contributed by atoms with Gasteiger partial charge >= 0.3 is 11.9 Å². The van der Waals surface area contributed by atoms with Crippen molar-refractivity contribution < 1.29 is 28.6 Å². The van der Waals surface area contributed by atoms with Gasteiger partial charge in [-0.25, -0.2) is 9.59 Å². The van der Waals surface area contributed by atoms with Gasteiger partial charge in [0.2, 0.25) is 5.91 Å². The van der Waals surface area contributed by atoms with Gasteiger partial charge in [-0.1, -0.05) is 26.0 Å². The normalized spacial score (nSPS) is 11.2. The van der Waals surface area contributed by atoms with Gasteiger partial charge in [0.25, 0.3) is 0 Å². The van der Waals surface area contributed by atoms with Crippen LogP contribution < -0.4 is 10.1 Å². The van der Waals surface area contributed by atoms with Crippen LogP contribution in [0.5, 0.6) is 5.75 Å². The summed E-state index contributed by atoms with van der Waals surface area (Å²) in [6, 6.07) is 7.23. The Morgan fingerprint density at radius 1 is 1.19 bits per heavy atom. The predicted octanol–water partition coefficient (Wildman–Crippen LogP) is 5.28. The molecule has 0 saturated carbocycles. The minimum absolute atomic E-state index is 0.0981. The minimum atomic E-state index is -0.649. The number of esters is 2. The molecular formula is C22H26BrNO6S. The first-order valence-electron chi connectivity index (χ1n) is 9.59. The zero-order valence-electron chi connectivity index (χ0n) is 18.3. The van der Waals surface area contributed by atoms with E-state index < -0.39 is 17.5 Å². The number of hydrogen-bond acceptors (Lipinski definition) is 7. The molecule has 1 aromatic carbocycles. The molecule has 0 fully saturated rings. The highest BCUT2D eigenvalue weighted by molar-refractivity contribution is 9.10. The zero-order valence-corrected chi connectivity index (χ0v) is 20.7. The van der Waals surface area contributed by atoms with Crippen molar-refractivity contribution in [2.75, 3.05) is 19.0 Å². The Morgan fingerprint density at radius 3 is 2.45 bits per heavy atom. The molecule has 1 heterocycles. The molecule has 7 nitrogen and oxygen atoms in total. The van der Waals surface area contributed by atoms with Gasteiger partial charge in [-0.3, -0.25) is 4.79 Å². The summed E-state index contributed by atoms with van der Waals surface area (Å²) in [6.07, 6.45) is 0. The van der Waals surface area contributed by atoms with Crippen molar-refractivity contribution in [2.45, 2.75) is 40.2 Å². The van der Waals surface area contributed by atoms with Gasteiger partial charge in [-0.05, 0) is 54.4 Å². The Labute approximate surface area is 194 Å². The van der Waals surface area contributed by atoms with Crippen LogP contribution in [0.1, 0.15) is 44.3 Å². The van der Waals surface area contributed by atoms with Crippen LogP contribution in [0.15, 0.2) is 28.7 Å². The Kier molecular flexibility index (Phi) is 8.25. The van der Waals surface area contributed by atoms with Gasteiger partial charge in [0.1, 0.15) is 5.60 Å². The van der Waals surface area contributed by atoms with Crippen molar-refractivity contribution in [3.05, 3.63) is 33.6 Å². The molecule has 0 unspecified atom stereocenters. The first kappa shape index (κ1) is 24.9. The number of carbonyl (C=O) groups excluding carboxylic acids is 3. The van der Waals surface area contributed by atoms with Crippen molar-refractivity contribution in [1.82, 2.24) is 0 Å². The number of methoxy groups -OCH3 is 1. The van der Waals surface area contributed by atoms with Crippen LogP contribution in [0.25, 0.3) is 10.4 Å². The molecule has 1 amide bonds. The van der Waals surface area contributed by atoms with E-state index in [0.29, 0.717) is 15.0 Å². The lowest BCUT2D eigenvalue weighted by molar-refractivity contribution is -0.157. The largest absolute Gasteiger partial charge is 0.479 e. The molecule has 31 heavy (non-hydrogen) atoms. The summed E-state index contributed by atoms with van der Waals surface area (Å²) in [7, 11) is 1.27. The van der Waals surface area contributed by atoms with E-state index in [0.717, 1.165) is 16.9 Å². The van der Waals surface area contributed by atoms with Crippen LogP contribution in [-0.2, 0) is 19.1 Å². The Bertz CT molecular complexity index is 977. The second-order valence-corrected chi connectivity index (χ2v) is 9.81. The molecule has 168 valence electrons. The second-order valence-electron chi connectivity index (χ2n) is 7.99. The van der Waals surface area contributed by atoms with Gasteiger partial charge in [0.05, 0.1) is 16.5 Å². The first-order valence-corrected chi connectivity index (χ1v) is 11.2. The summed E-state index contributed by atoms with van der Waals surface area (Å²) in [4.78, 5) is 37.3. The Hall–Kier alpha value is -2.39. The van der Waals surface area contributed by atoms with Crippen LogP contribution >= 0.6 is 27.3 Å². The maximum atomic E-state index is 12.3. The number of carbonyl (C=O) groups is 3. The standard InChI is InChI=1S/C22H26BrNO6S/c1-12(2)20(26)24-14-9-7-8-13(10-14)18-16(23)17(19(31-18)21(27)28-6)29-11-15(25)30-22(3,4)5/h7-10,12H,11H2,1-6H3,(H,24,26). The predicted molar refractivity (Wildman–Crippen MR) is 124 cm³/mol. The summed E-state index contributed by atoms with van der Waals surface area (Å²) < 4.78 is 16.3. The smallest absolute Gasteiger partial charge is 0.351 e. The van der Waals surface area contributed by atoms with Crippen molar-refractivity contribution in [3.63, 3.8) is 0 Å². The highest BCUT2D eigenvalue weighted by Gasteiger charge is 2.26. The fourth-order valence-electron chi connectivity index (χ4n) is 2.46. The molecule has 1 aromatic heterocycles. The third kappa shape index (κ3) is 6.80. The number of rotatable bonds is 7. The lowest BCUT2D eigenvalue weighted by Gasteiger charge is -2.19. The summed E-state index contributed by atoms with van der Waals surface area (Å²) in [6.45, 7) is 8.54. The van der Waals surface area contributed by atoms with Gasteiger partial charge in [-0.15, -0.1) is 11.3 Å². The maximum absolute atomic E-state index is 12.3. The van der Waals surface area contributed by atoms with Gasteiger partial charge in [-0.2, -0.15) is 0 Å². The van der Waals surface area contributed by atoms with E-state index in [-0.39, 0.29) is 29.1 Å². The van der Waals surface area contributed by atoms with E-state index in [1.54, 1.807) is 39.0 Å². The lowest BCUT2D eigenvalue weighted by Crippen LogP contribution is -2.27. The fourth-order valence-corrected chi connectivity index (χ4v) is 4.43. The van der Waals surface area contributed by atoms with Gasteiger partial charge < -0.3 is 19.5 Å². The minimum Gasteiger partial charge on any atom is -0.479 e. The maximum Gasteiger partial charge on any atom is 0.351 e. The van der Waals surface area contributed by atoms with Crippen molar-refractivity contribution in [2.24, 2.45) is 5.92 Å². The van der Waals surface area contributed by atoms with Crippen molar-refractivity contribution >= 4 is 50.8 Å². The topological polar surface area (TPSA) is 90.9 Å². The fraction of sp³-hybridized carbons (Fsp3) is 0.409. The van der Waals surface area contributed by atoms with E-state index in [1.807, 2.05) is 19.9 Å². The number of hydrogen-bond donors (Lipinski definition) is 1. The van der Waals surface area contributed by atoms with Crippen molar-refractivity contribution in [3.8, 4) is 16.2 Å². The number of thiophene rings is 1. The number of halogens is 1. The molecule has 0 aliphatic carbocycles. The molecule has 0 bridgehead atoms. The summed E-state index contributed by atoms with van der Waals surface area (Å²) >= 11 is 4.64. The Balaban J connectivity index is 2.36. The quantitative estimate of drug-likeness (QED) is 0.508. The third-order valence-electron chi connectivity index (χ3n) is 3.85. The highest BCUT2D eigenvalue weighted by atomic mass is 79.9. The van der Waals surface area contributed by atoms with Crippen LogP contribution in [0, 0.1) is 5.92 Å². The molecular weight excluding hydrogens is 486 g/mol. The molecule has 0 radical (unpaired) electrons. The molecule has 1 N–H and O–H groups in total. The summed E-state index contributed by atoms with van der Waals surface area (Å²) in [5, 5.41) is 2.85. The molecule has 0 aliphatic heterocycles. The highest BCUT2D eigenvalue weighted by Crippen LogP contribution is 2.46. The number of benzene rings is 1. The summed E-state index contributed by atoms with van der Waals surface area (Å²) in [5.74, 6) is -1.19. The van der Waals surface area contributed by atoms with Gasteiger partial charge in [0.15, 0.2) is 17.2 Å². The summed E-state index contributed by atoms with van der Waals surface area (Å²) in [5.41, 5.74) is 0.742. The number of nitrogens with one attached hydrogen (secondary N) is 1. The Morgan fingerprint density at radius 2 is 1.87 bits per heavy atom. The molecule has 0 atom stereocenters. The first-order chi connectivity index (χ1) is 14.4. The van der Waals surface area contributed by atoms with E-state index in [9.17, 15) is 14.4 Å². The van der Waals surface area contributed by atoms with E-state index in [1.165, 1.54) is 7.11 Å². The van der Waals surface area contributed by atoms with E-state index in [2.05, 4.69) is 21.2 Å². The van der Waals surface area contributed by atoms with E-state index in [4.69, 9.17) is 14.2 Å². The van der Waals surface area contributed by atoms with Crippen LogP contribution in [0.3, 0.4) is 0 Å². The van der Waals surface area contributed by atoms with Crippen LogP contribution in [-0.4, -0.2) is 37.2 Å². The lowest BCUT2D eigenvalue weighted by atomic mass is 10.1. The number of anilines is 1. The second kappa shape index (κ2) is 10.3. The number of ether oxygens (including phenoxy) is 3. The van der Waals surface area contributed by atoms with Crippen molar-refractivity contribution in [1.29, 1.82) is 0 Å². The third-order valence-corrected chi connectivity index (χ3v) is 6.07. The average molecular weight is 512 g/mol. The molecule has 9 heteroatoms. The molecule has 2 aromatic rings. The molecule has 0 aliphatic rings. The average Bonchev–Trinajstić information content (AvgIpc) is 3.01. The molecule has 0 saturated heterocycles. The molecule has 0 spiro atoms. The van der Waals surface area contributed by atoms with Gasteiger partial charge in [0, 0.05) is 11.6 Å². The molecule has 2 rings (SSSR count). The SMILES string of the molecule is COC(=O)c1sc(-c2cccc(NC(=O)C(C)C)c2)c(Br)c1OCC(=O)OC(C)(C)C. The number of amides is 1. The zero-order chi connectivity index (χ0) is 23.3. The monoisotopic (exact) mass is 511 g/mol.